The van der Waals surface area contributed by atoms with Crippen LogP contribution in [0.2, 0.25) is 0 Å². The van der Waals surface area contributed by atoms with Crippen molar-refractivity contribution in [2.45, 2.75) is 38.8 Å². The number of ether oxygens (including phenoxy) is 2. The summed E-state index contributed by atoms with van der Waals surface area (Å²) >= 11 is 0. The zero-order valence-electron chi connectivity index (χ0n) is 11.8. The second kappa shape index (κ2) is 8.45. The molecule has 0 aromatic rings. The van der Waals surface area contributed by atoms with E-state index in [1.807, 2.05) is 13.8 Å². The molecule has 0 radical (unpaired) electrons. The smallest absolute Gasteiger partial charge is 0.322 e. The number of methoxy groups -OCH3 is 1. The van der Waals surface area contributed by atoms with Gasteiger partial charge in [0, 0.05) is 19.1 Å². The number of morpholine rings is 1. The van der Waals surface area contributed by atoms with Crippen molar-refractivity contribution < 1.29 is 14.3 Å². The summed E-state index contributed by atoms with van der Waals surface area (Å²) in [6.45, 7) is 8.48. The zero-order valence-corrected chi connectivity index (χ0v) is 11.8. The molecule has 0 amide bonds. The van der Waals surface area contributed by atoms with Crippen molar-refractivity contribution in [2.24, 2.45) is 0 Å². The standard InChI is InChI=1S/C11H20N2O3.C2H6/c1-15-11(14)10-8-9(2-3-12-10)13-4-6-16-7-5-13;1-2/h9-10,12H,2-8H2,1H3;1-2H3. The lowest BCUT2D eigenvalue weighted by Gasteiger charge is -2.38. The third-order valence-corrected chi connectivity index (χ3v) is 3.42. The molecule has 0 aliphatic carbocycles. The molecule has 0 bridgehead atoms. The molecule has 106 valence electrons. The van der Waals surface area contributed by atoms with Crippen LogP contribution in [0.25, 0.3) is 0 Å². The van der Waals surface area contributed by atoms with Crippen LogP contribution >= 0.6 is 0 Å². The van der Waals surface area contributed by atoms with Gasteiger partial charge in [0.15, 0.2) is 0 Å². The number of carbonyl (C=O) groups is 1. The summed E-state index contributed by atoms with van der Waals surface area (Å²) < 4.78 is 10.1. The van der Waals surface area contributed by atoms with Crippen LogP contribution in [0, 0.1) is 0 Å². The van der Waals surface area contributed by atoms with Gasteiger partial charge in [-0.15, -0.1) is 0 Å². The summed E-state index contributed by atoms with van der Waals surface area (Å²) in [6.07, 6.45) is 1.96. The molecule has 0 saturated carbocycles. The third-order valence-electron chi connectivity index (χ3n) is 3.42. The maximum Gasteiger partial charge on any atom is 0.322 e. The Morgan fingerprint density at radius 3 is 2.61 bits per heavy atom. The van der Waals surface area contributed by atoms with Crippen molar-refractivity contribution in [1.29, 1.82) is 0 Å². The molecular formula is C13H26N2O3. The number of nitrogens with zero attached hydrogens (tertiary/aromatic N) is 1. The molecule has 5 nitrogen and oxygen atoms in total. The fraction of sp³-hybridized carbons (Fsp3) is 0.923. The van der Waals surface area contributed by atoms with E-state index in [2.05, 4.69) is 10.2 Å². The van der Waals surface area contributed by atoms with E-state index >= 15 is 0 Å². The highest BCUT2D eigenvalue weighted by atomic mass is 16.5. The van der Waals surface area contributed by atoms with Crippen molar-refractivity contribution >= 4 is 5.97 Å². The highest BCUT2D eigenvalue weighted by molar-refractivity contribution is 5.75. The predicted octanol–water partition coefficient (Wildman–Crippen LogP) is 0.638. The first-order valence-corrected chi connectivity index (χ1v) is 6.94. The van der Waals surface area contributed by atoms with Crippen molar-refractivity contribution in [1.82, 2.24) is 10.2 Å². The zero-order chi connectivity index (χ0) is 13.4. The van der Waals surface area contributed by atoms with E-state index in [0.29, 0.717) is 6.04 Å². The molecular weight excluding hydrogens is 232 g/mol. The van der Waals surface area contributed by atoms with E-state index in [0.717, 1.165) is 45.7 Å². The van der Waals surface area contributed by atoms with Gasteiger partial charge < -0.3 is 14.8 Å². The van der Waals surface area contributed by atoms with Crippen LogP contribution in [0.4, 0.5) is 0 Å². The van der Waals surface area contributed by atoms with Gasteiger partial charge in [0.2, 0.25) is 0 Å². The fourth-order valence-electron chi connectivity index (χ4n) is 2.49. The number of nitrogens with one attached hydrogen (secondary N) is 1. The second-order valence-corrected chi connectivity index (χ2v) is 4.36. The molecule has 2 rings (SSSR count). The SMILES string of the molecule is CC.COC(=O)C1CC(N2CCOCC2)CCN1. The lowest BCUT2D eigenvalue weighted by atomic mass is 9.97. The predicted molar refractivity (Wildman–Crippen MR) is 70.6 cm³/mol. The number of esters is 1. The summed E-state index contributed by atoms with van der Waals surface area (Å²) in [7, 11) is 1.45. The highest BCUT2D eigenvalue weighted by Gasteiger charge is 2.31. The summed E-state index contributed by atoms with van der Waals surface area (Å²) in [5.74, 6) is -0.141. The van der Waals surface area contributed by atoms with Gasteiger partial charge in [0.05, 0.1) is 20.3 Å². The van der Waals surface area contributed by atoms with E-state index < -0.39 is 0 Å². The Hall–Kier alpha value is -0.650. The van der Waals surface area contributed by atoms with Gasteiger partial charge >= 0.3 is 5.97 Å². The average Bonchev–Trinajstić information content (AvgIpc) is 2.49. The molecule has 0 aromatic heterocycles. The van der Waals surface area contributed by atoms with Gasteiger partial charge in [-0.3, -0.25) is 9.69 Å². The number of piperidine rings is 1. The molecule has 2 saturated heterocycles. The largest absolute Gasteiger partial charge is 0.468 e. The summed E-state index contributed by atoms with van der Waals surface area (Å²) in [5, 5.41) is 3.21. The van der Waals surface area contributed by atoms with Crippen molar-refractivity contribution in [3.8, 4) is 0 Å². The van der Waals surface area contributed by atoms with Gasteiger partial charge in [-0.05, 0) is 19.4 Å². The van der Waals surface area contributed by atoms with Gasteiger partial charge in [0.1, 0.15) is 6.04 Å². The monoisotopic (exact) mass is 258 g/mol. The van der Waals surface area contributed by atoms with Gasteiger partial charge in [0.25, 0.3) is 0 Å². The lowest BCUT2D eigenvalue weighted by Crippen LogP contribution is -2.53. The van der Waals surface area contributed by atoms with Gasteiger partial charge in [-0.25, -0.2) is 0 Å². The minimum Gasteiger partial charge on any atom is -0.468 e. The molecule has 2 unspecified atom stereocenters. The van der Waals surface area contributed by atoms with E-state index in [9.17, 15) is 4.79 Å². The Morgan fingerprint density at radius 1 is 1.33 bits per heavy atom. The maximum atomic E-state index is 11.5. The fourth-order valence-corrected chi connectivity index (χ4v) is 2.49. The van der Waals surface area contributed by atoms with Crippen LogP contribution in [0.1, 0.15) is 26.7 Å². The molecule has 2 aliphatic rings. The summed E-state index contributed by atoms with van der Waals surface area (Å²) in [5.41, 5.74) is 0. The molecule has 2 fully saturated rings. The lowest BCUT2D eigenvalue weighted by molar-refractivity contribution is -0.144. The van der Waals surface area contributed by atoms with Crippen molar-refractivity contribution in [3.63, 3.8) is 0 Å². The van der Waals surface area contributed by atoms with Gasteiger partial charge in [-0.1, -0.05) is 13.8 Å². The summed E-state index contributed by atoms with van der Waals surface area (Å²) in [6, 6.07) is 0.362. The molecule has 2 aliphatic heterocycles. The minimum absolute atomic E-state index is 0.133. The van der Waals surface area contributed by atoms with E-state index in [1.165, 1.54) is 7.11 Å². The first-order valence-electron chi connectivity index (χ1n) is 6.94. The van der Waals surface area contributed by atoms with Crippen LogP contribution in [-0.2, 0) is 14.3 Å². The Bertz CT molecular complexity index is 242. The highest BCUT2D eigenvalue weighted by Crippen LogP contribution is 2.17. The third kappa shape index (κ3) is 4.23. The number of hydrogen-bond acceptors (Lipinski definition) is 5. The molecule has 2 heterocycles. The Balaban J connectivity index is 0.000000771. The molecule has 5 heteroatoms. The van der Waals surface area contributed by atoms with Crippen molar-refractivity contribution in [3.05, 3.63) is 0 Å². The normalized spacial score (nSPS) is 29.1. The minimum atomic E-state index is -0.141. The molecule has 0 spiro atoms. The van der Waals surface area contributed by atoms with Crippen LogP contribution in [0.15, 0.2) is 0 Å². The molecule has 18 heavy (non-hydrogen) atoms. The number of hydrogen-bond donors (Lipinski definition) is 1. The quantitative estimate of drug-likeness (QED) is 0.737. The first kappa shape index (κ1) is 15.4. The van der Waals surface area contributed by atoms with Crippen LogP contribution in [0.5, 0.6) is 0 Å². The Labute approximate surface area is 110 Å². The Kier molecular flexibility index (Phi) is 7.23. The maximum absolute atomic E-state index is 11.5. The van der Waals surface area contributed by atoms with Gasteiger partial charge in [-0.2, -0.15) is 0 Å². The van der Waals surface area contributed by atoms with Crippen LogP contribution in [-0.4, -0.2) is 62.9 Å². The molecule has 0 aromatic carbocycles. The molecule has 2 atom stereocenters. The Morgan fingerprint density at radius 2 is 2.00 bits per heavy atom. The first-order chi connectivity index (χ1) is 8.81. The van der Waals surface area contributed by atoms with E-state index in [-0.39, 0.29) is 12.0 Å². The summed E-state index contributed by atoms with van der Waals surface area (Å²) in [4.78, 5) is 13.9. The average molecular weight is 258 g/mol. The second-order valence-electron chi connectivity index (χ2n) is 4.36. The van der Waals surface area contributed by atoms with Crippen molar-refractivity contribution in [2.75, 3.05) is 40.0 Å². The number of rotatable bonds is 2. The molecule has 1 N–H and O–H groups in total. The van der Waals surface area contributed by atoms with Crippen LogP contribution < -0.4 is 5.32 Å². The topological polar surface area (TPSA) is 50.8 Å². The van der Waals surface area contributed by atoms with E-state index in [1.54, 1.807) is 0 Å². The van der Waals surface area contributed by atoms with E-state index in [4.69, 9.17) is 9.47 Å². The van der Waals surface area contributed by atoms with Crippen LogP contribution in [0.3, 0.4) is 0 Å². The number of carbonyl (C=O) groups excluding carboxylic acids is 1.